The number of hydrogen-bond donors (Lipinski definition) is 2. The smallest absolute Gasteiger partial charge is 0.162 e. The van der Waals surface area contributed by atoms with E-state index in [1.807, 2.05) is 18.2 Å². The van der Waals surface area contributed by atoms with Gasteiger partial charge in [0, 0.05) is 37.8 Å². The van der Waals surface area contributed by atoms with Crippen LogP contribution < -0.4 is 10.1 Å². The van der Waals surface area contributed by atoms with Crippen LogP contribution in [0.1, 0.15) is 24.4 Å². The molecular formula is C16H24N2O2. The second kappa shape index (κ2) is 7.31. The first-order chi connectivity index (χ1) is 9.77. The third kappa shape index (κ3) is 3.32. The summed E-state index contributed by atoms with van der Waals surface area (Å²) in [5, 5.41) is 13.8. The Balaban J connectivity index is 2.27. The first-order valence-corrected chi connectivity index (χ1v) is 7.19. The number of hydrogen-bond acceptors (Lipinski definition) is 4. The van der Waals surface area contributed by atoms with E-state index in [0.717, 1.165) is 44.6 Å². The van der Waals surface area contributed by atoms with Crippen LogP contribution in [0, 0.1) is 0 Å². The first kappa shape index (κ1) is 14.9. The minimum absolute atomic E-state index is 0.213. The van der Waals surface area contributed by atoms with Crippen molar-refractivity contribution in [3.05, 3.63) is 36.4 Å². The number of rotatable bonds is 6. The quantitative estimate of drug-likeness (QED) is 0.783. The number of allylic oxidation sites excluding steroid dienone is 1. The number of nitrogens with one attached hydrogen (secondary N) is 1. The highest BCUT2D eigenvalue weighted by Gasteiger charge is 2.24. The summed E-state index contributed by atoms with van der Waals surface area (Å²) in [4.78, 5) is 2.43. The van der Waals surface area contributed by atoms with Gasteiger partial charge in [-0.25, -0.2) is 0 Å². The highest BCUT2D eigenvalue weighted by atomic mass is 16.5. The van der Waals surface area contributed by atoms with Crippen molar-refractivity contribution in [3.63, 3.8) is 0 Å². The van der Waals surface area contributed by atoms with Crippen LogP contribution in [0.15, 0.2) is 30.9 Å². The van der Waals surface area contributed by atoms with Gasteiger partial charge in [-0.1, -0.05) is 18.2 Å². The molecule has 2 N–H and O–H groups in total. The van der Waals surface area contributed by atoms with Crippen LogP contribution in [0.2, 0.25) is 0 Å². The van der Waals surface area contributed by atoms with Gasteiger partial charge in [-0.3, -0.25) is 4.90 Å². The van der Waals surface area contributed by atoms with Gasteiger partial charge in [0.25, 0.3) is 0 Å². The van der Waals surface area contributed by atoms with E-state index < -0.39 is 0 Å². The maximum atomic E-state index is 10.4. The number of methoxy groups -OCH3 is 1. The summed E-state index contributed by atoms with van der Waals surface area (Å²) < 4.78 is 5.23. The summed E-state index contributed by atoms with van der Waals surface area (Å²) in [5.74, 6) is 0.809. The number of phenolic OH excluding ortho intramolecular Hbond substituents is 1. The Hall–Kier alpha value is -1.52. The summed E-state index contributed by atoms with van der Waals surface area (Å²) in [7, 11) is 1.59. The summed E-state index contributed by atoms with van der Waals surface area (Å²) in [6.45, 7) is 7.80. The monoisotopic (exact) mass is 276 g/mol. The summed E-state index contributed by atoms with van der Waals surface area (Å²) in [5.41, 5.74) is 0.952. The summed E-state index contributed by atoms with van der Waals surface area (Å²) >= 11 is 0. The lowest BCUT2D eigenvalue weighted by atomic mass is 9.98. The lowest BCUT2D eigenvalue weighted by molar-refractivity contribution is 0.163. The highest BCUT2D eigenvalue weighted by Crippen LogP contribution is 2.38. The maximum Gasteiger partial charge on any atom is 0.162 e. The minimum Gasteiger partial charge on any atom is -0.504 e. The Kier molecular flexibility index (Phi) is 5.44. The van der Waals surface area contributed by atoms with Gasteiger partial charge in [0.05, 0.1) is 7.11 Å². The van der Waals surface area contributed by atoms with Gasteiger partial charge in [-0.05, 0) is 18.9 Å². The largest absolute Gasteiger partial charge is 0.504 e. The Labute approximate surface area is 121 Å². The van der Waals surface area contributed by atoms with Crippen LogP contribution in [0.4, 0.5) is 0 Å². The third-order valence-corrected chi connectivity index (χ3v) is 3.85. The number of phenols is 1. The molecule has 0 radical (unpaired) electrons. The molecule has 0 bridgehead atoms. The predicted molar refractivity (Wildman–Crippen MR) is 81.3 cm³/mol. The fourth-order valence-corrected chi connectivity index (χ4v) is 2.78. The molecule has 0 saturated carbocycles. The molecule has 1 fully saturated rings. The zero-order valence-electron chi connectivity index (χ0n) is 12.1. The molecule has 4 nitrogen and oxygen atoms in total. The average molecular weight is 276 g/mol. The molecule has 4 heteroatoms. The normalized spacial score (nSPS) is 17.6. The predicted octanol–water partition coefficient (Wildman–Crippen LogP) is 2.31. The van der Waals surface area contributed by atoms with E-state index in [4.69, 9.17) is 4.74 Å². The molecule has 0 aliphatic carbocycles. The van der Waals surface area contributed by atoms with Crippen LogP contribution in [-0.4, -0.2) is 43.3 Å². The van der Waals surface area contributed by atoms with Gasteiger partial charge in [-0.15, -0.1) is 6.58 Å². The van der Waals surface area contributed by atoms with Crippen LogP contribution in [0.5, 0.6) is 11.5 Å². The van der Waals surface area contributed by atoms with Gasteiger partial charge in [-0.2, -0.15) is 0 Å². The number of para-hydroxylation sites is 1. The highest BCUT2D eigenvalue weighted by molar-refractivity contribution is 5.47. The van der Waals surface area contributed by atoms with Gasteiger partial charge >= 0.3 is 0 Å². The molecule has 110 valence electrons. The molecule has 1 saturated heterocycles. The van der Waals surface area contributed by atoms with E-state index in [1.165, 1.54) is 0 Å². The molecule has 1 heterocycles. The van der Waals surface area contributed by atoms with Crippen molar-refractivity contribution >= 4 is 0 Å². The molecule has 1 atom stereocenters. The zero-order valence-corrected chi connectivity index (χ0v) is 12.1. The molecule has 1 aliphatic rings. The number of piperazine rings is 1. The maximum absolute atomic E-state index is 10.4. The van der Waals surface area contributed by atoms with Crippen LogP contribution in [0.25, 0.3) is 0 Å². The van der Waals surface area contributed by atoms with Gasteiger partial charge in [0.1, 0.15) is 0 Å². The van der Waals surface area contributed by atoms with E-state index in [2.05, 4.69) is 16.8 Å². The van der Waals surface area contributed by atoms with E-state index >= 15 is 0 Å². The number of nitrogens with zero attached hydrogens (tertiary/aromatic N) is 1. The SMILES string of the molecule is C=CCC[C@H](c1cccc(OC)c1O)N1CCNCC1. The van der Waals surface area contributed by atoms with E-state index in [-0.39, 0.29) is 11.8 Å². The average Bonchev–Trinajstić information content (AvgIpc) is 2.50. The third-order valence-electron chi connectivity index (χ3n) is 3.85. The van der Waals surface area contributed by atoms with Crippen molar-refractivity contribution in [3.8, 4) is 11.5 Å². The van der Waals surface area contributed by atoms with E-state index in [1.54, 1.807) is 13.2 Å². The van der Waals surface area contributed by atoms with Gasteiger partial charge < -0.3 is 15.2 Å². The number of ether oxygens (including phenoxy) is 1. The molecule has 2 rings (SSSR count). The Morgan fingerprint density at radius 2 is 2.20 bits per heavy atom. The van der Waals surface area contributed by atoms with Crippen molar-refractivity contribution in [1.29, 1.82) is 0 Å². The lowest BCUT2D eigenvalue weighted by Gasteiger charge is -2.35. The molecule has 20 heavy (non-hydrogen) atoms. The van der Waals surface area contributed by atoms with Crippen LogP contribution >= 0.6 is 0 Å². The fourth-order valence-electron chi connectivity index (χ4n) is 2.78. The summed E-state index contributed by atoms with van der Waals surface area (Å²) in [6, 6.07) is 5.94. The van der Waals surface area contributed by atoms with Gasteiger partial charge in [0.2, 0.25) is 0 Å². The standard InChI is InChI=1S/C16H24N2O2/c1-3-4-7-14(18-11-9-17-10-12-18)13-6-5-8-15(20-2)16(13)19/h3,5-6,8,14,17,19H,1,4,7,9-12H2,2H3/t14-/m1/s1. The molecule has 1 aromatic carbocycles. The minimum atomic E-state index is 0.213. The molecule has 0 aromatic heterocycles. The second-order valence-corrected chi connectivity index (χ2v) is 5.07. The van der Waals surface area contributed by atoms with Crippen molar-refractivity contribution in [2.45, 2.75) is 18.9 Å². The lowest BCUT2D eigenvalue weighted by Crippen LogP contribution is -2.45. The van der Waals surface area contributed by atoms with Crippen molar-refractivity contribution in [1.82, 2.24) is 10.2 Å². The Morgan fingerprint density at radius 3 is 2.85 bits per heavy atom. The summed E-state index contributed by atoms with van der Waals surface area (Å²) in [6.07, 6.45) is 3.84. The van der Waals surface area contributed by atoms with E-state index in [9.17, 15) is 5.11 Å². The molecule has 0 spiro atoms. The van der Waals surface area contributed by atoms with Crippen molar-refractivity contribution in [2.75, 3.05) is 33.3 Å². The molecule has 0 amide bonds. The topological polar surface area (TPSA) is 44.7 Å². The fraction of sp³-hybridized carbons (Fsp3) is 0.500. The molecule has 1 aromatic rings. The van der Waals surface area contributed by atoms with E-state index in [0.29, 0.717) is 5.75 Å². The molecule has 0 unspecified atom stereocenters. The number of benzene rings is 1. The van der Waals surface area contributed by atoms with Crippen LogP contribution in [0.3, 0.4) is 0 Å². The van der Waals surface area contributed by atoms with Crippen LogP contribution in [-0.2, 0) is 0 Å². The first-order valence-electron chi connectivity index (χ1n) is 7.19. The Morgan fingerprint density at radius 1 is 1.45 bits per heavy atom. The zero-order chi connectivity index (χ0) is 14.4. The molecular weight excluding hydrogens is 252 g/mol. The molecule has 1 aliphatic heterocycles. The van der Waals surface area contributed by atoms with Gasteiger partial charge in [0.15, 0.2) is 11.5 Å². The number of aromatic hydroxyl groups is 1. The van der Waals surface area contributed by atoms with Crippen molar-refractivity contribution < 1.29 is 9.84 Å². The van der Waals surface area contributed by atoms with Crippen molar-refractivity contribution in [2.24, 2.45) is 0 Å². The second-order valence-electron chi connectivity index (χ2n) is 5.07. The Bertz CT molecular complexity index is 442.